The number of methoxy groups -OCH3 is 1. The number of rotatable bonds is 3. The molecule has 3 aromatic rings. The molecular formula is C20H16ClNO3. The van der Waals surface area contributed by atoms with Gasteiger partial charge in [-0.2, -0.15) is 0 Å². The first kappa shape index (κ1) is 15.8. The summed E-state index contributed by atoms with van der Waals surface area (Å²) in [6, 6.07) is 13.4. The SMILES string of the molecule is COc1cc(Cl)cc(-c2c(C(=O)O)[nH]c3c2CCc2ccccc2-3)c1. The Bertz CT molecular complexity index is 991. The lowest BCUT2D eigenvalue weighted by Gasteiger charge is -2.17. The van der Waals surface area contributed by atoms with E-state index in [2.05, 4.69) is 11.1 Å². The molecule has 0 bridgehead atoms. The Morgan fingerprint density at radius 1 is 1.20 bits per heavy atom. The number of aryl methyl sites for hydroxylation is 1. The van der Waals surface area contributed by atoms with Gasteiger partial charge in [0.25, 0.3) is 0 Å². The lowest BCUT2D eigenvalue weighted by molar-refractivity contribution is 0.0692. The number of aromatic amines is 1. The predicted octanol–water partition coefficient (Wildman–Crippen LogP) is 4.81. The number of nitrogens with one attached hydrogen (secondary N) is 1. The van der Waals surface area contributed by atoms with Gasteiger partial charge in [0.2, 0.25) is 0 Å². The maximum absolute atomic E-state index is 11.9. The number of fused-ring (bicyclic) bond motifs is 3. The zero-order valence-electron chi connectivity index (χ0n) is 13.6. The average molecular weight is 354 g/mol. The van der Waals surface area contributed by atoms with Gasteiger partial charge in [0.05, 0.1) is 12.8 Å². The first-order valence-electron chi connectivity index (χ1n) is 8.00. The van der Waals surface area contributed by atoms with Crippen molar-refractivity contribution >= 4 is 17.6 Å². The molecular weight excluding hydrogens is 338 g/mol. The largest absolute Gasteiger partial charge is 0.497 e. The van der Waals surface area contributed by atoms with Crippen LogP contribution in [0.15, 0.2) is 42.5 Å². The molecule has 1 aliphatic carbocycles. The minimum Gasteiger partial charge on any atom is -0.497 e. The van der Waals surface area contributed by atoms with E-state index in [1.54, 1.807) is 19.2 Å². The zero-order valence-corrected chi connectivity index (χ0v) is 14.4. The number of hydrogen-bond donors (Lipinski definition) is 2. The van der Waals surface area contributed by atoms with Crippen LogP contribution in [-0.2, 0) is 12.8 Å². The number of halogens is 1. The quantitative estimate of drug-likeness (QED) is 0.710. The van der Waals surface area contributed by atoms with Gasteiger partial charge in [-0.15, -0.1) is 0 Å². The Kier molecular flexibility index (Phi) is 3.77. The lowest BCUT2D eigenvalue weighted by Crippen LogP contribution is -2.03. The van der Waals surface area contributed by atoms with Gasteiger partial charge in [0.1, 0.15) is 11.4 Å². The van der Waals surface area contributed by atoms with Crippen LogP contribution in [0.4, 0.5) is 0 Å². The van der Waals surface area contributed by atoms with Gasteiger partial charge >= 0.3 is 5.97 Å². The van der Waals surface area contributed by atoms with Crippen molar-refractivity contribution in [2.24, 2.45) is 0 Å². The number of hydrogen-bond acceptors (Lipinski definition) is 2. The van der Waals surface area contributed by atoms with Gasteiger partial charge in [0.15, 0.2) is 0 Å². The van der Waals surface area contributed by atoms with E-state index >= 15 is 0 Å². The topological polar surface area (TPSA) is 62.3 Å². The first-order valence-corrected chi connectivity index (χ1v) is 8.37. The summed E-state index contributed by atoms with van der Waals surface area (Å²) in [6.45, 7) is 0. The Morgan fingerprint density at radius 3 is 2.76 bits per heavy atom. The second kappa shape index (κ2) is 5.97. The number of ether oxygens (including phenoxy) is 1. The molecule has 0 spiro atoms. The van der Waals surface area contributed by atoms with Gasteiger partial charge < -0.3 is 14.8 Å². The molecule has 1 aromatic heterocycles. The highest BCUT2D eigenvalue weighted by atomic mass is 35.5. The van der Waals surface area contributed by atoms with Crippen molar-refractivity contribution in [3.05, 3.63) is 64.3 Å². The summed E-state index contributed by atoms with van der Waals surface area (Å²) in [5, 5.41) is 10.2. The molecule has 2 N–H and O–H groups in total. The van der Waals surface area contributed by atoms with Crippen molar-refractivity contribution in [1.82, 2.24) is 4.98 Å². The lowest BCUT2D eigenvalue weighted by atomic mass is 9.87. The molecule has 0 aliphatic heterocycles. The number of carbonyl (C=O) groups is 1. The molecule has 0 saturated carbocycles. The van der Waals surface area contributed by atoms with Crippen LogP contribution in [-0.4, -0.2) is 23.2 Å². The van der Waals surface area contributed by atoms with Crippen molar-refractivity contribution in [2.45, 2.75) is 12.8 Å². The van der Waals surface area contributed by atoms with Crippen LogP contribution in [0.3, 0.4) is 0 Å². The summed E-state index contributed by atoms with van der Waals surface area (Å²) in [5.41, 5.74) is 5.81. The zero-order chi connectivity index (χ0) is 17.6. The molecule has 1 heterocycles. The van der Waals surface area contributed by atoms with Gasteiger partial charge in [-0.25, -0.2) is 4.79 Å². The van der Waals surface area contributed by atoms with Crippen LogP contribution in [0, 0.1) is 0 Å². The molecule has 0 saturated heterocycles. The molecule has 5 heteroatoms. The molecule has 126 valence electrons. The third kappa shape index (κ3) is 2.59. The van der Waals surface area contributed by atoms with Crippen molar-refractivity contribution in [2.75, 3.05) is 7.11 Å². The van der Waals surface area contributed by atoms with Gasteiger partial charge in [-0.1, -0.05) is 35.9 Å². The highest BCUT2D eigenvalue weighted by Crippen LogP contribution is 2.42. The predicted molar refractivity (Wildman–Crippen MR) is 97.6 cm³/mol. The molecule has 0 radical (unpaired) electrons. The Balaban J connectivity index is 2.00. The van der Waals surface area contributed by atoms with Crippen LogP contribution in [0.2, 0.25) is 5.02 Å². The fourth-order valence-corrected chi connectivity index (χ4v) is 3.79. The van der Waals surface area contributed by atoms with E-state index in [1.807, 2.05) is 24.3 Å². The molecule has 0 atom stereocenters. The normalized spacial score (nSPS) is 12.4. The van der Waals surface area contributed by atoms with E-state index in [4.69, 9.17) is 16.3 Å². The van der Waals surface area contributed by atoms with Crippen LogP contribution in [0.1, 0.15) is 21.6 Å². The molecule has 2 aromatic carbocycles. The van der Waals surface area contributed by atoms with Gasteiger partial charge in [-0.3, -0.25) is 0 Å². The van der Waals surface area contributed by atoms with Crippen molar-refractivity contribution < 1.29 is 14.6 Å². The standard InChI is InChI=1S/C20H16ClNO3/c1-25-14-9-12(8-13(21)10-14)17-16-7-6-11-4-2-3-5-15(11)18(16)22-19(17)20(23)24/h2-5,8-10,22H,6-7H2,1H3,(H,23,24). The molecule has 0 amide bonds. The second-order valence-corrected chi connectivity index (χ2v) is 6.51. The number of aromatic nitrogens is 1. The number of carboxylic acids is 1. The van der Waals surface area contributed by atoms with Crippen LogP contribution in [0.25, 0.3) is 22.4 Å². The molecule has 4 nitrogen and oxygen atoms in total. The molecule has 1 aliphatic rings. The Morgan fingerprint density at radius 2 is 2.00 bits per heavy atom. The fraction of sp³-hybridized carbons (Fsp3) is 0.150. The minimum absolute atomic E-state index is 0.186. The van der Waals surface area contributed by atoms with Crippen LogP contribution >= 0.6 is 11.6 Å². The van der Waals surface area contributed by atoms with Crippen molar-refractivity contribution in [1.29, 1.82) is 0 Å². The van der Waals surface area contributed by atoms with E-state index in [0.717, 1.165) is 35.2 Å². The summed E-state index contributed by atoms with van der Waals surface area (Å²) in [7, 11) is 1.57. The smallest absolute Gasteiger partial charge is 0.352 e. The highest BCUT2D eigenvalue weighted by Gasteiger charge is 2.27. The molecule has 0 fully saturated rings. The third-order valence-corrected chi connectivity index (χ3v) is 4.86. The first-order chi connectivity index (χ1) is 12.1. The Hall–Kier alpha value is -2.72. The number of aromatic carboxylic acids is 1. The summed E-state index contributed by atoms with van der Waals surface area (Å²) >= 11 is 6.20. The van der Waals surface area contributed by atoms with E-state index in [9.17, 15) is 9.90 Å². The maximum Gasteiger partial charge on any atom is 0.352 e. The van der Waals surface area contributed by atoms with Gasteiger partial charge in [-0.05, 0) is 47.7 Å². The monoisotopic (exact) mass is 353 g/mol. The van der Waals surface area contributed by atoms with Crippen LogP contribution in [0.5, 0.6) is 5.75 Å². The number of benzene rings is 2. The fourth-order valence-electron chi connectivity index (χ4n) is 3.56. The average Bonchev–Trinajstić information content (AvgIpc) is 3.01. The number of H-pyrrole nitrogens is 1. The minimum atomic E-state index is -0.985. The molecule has 4 rings (SSSR count). The second-order valence-electron chi connectivity index (χ2n) is 6.07. The van der Waals surface area contributed by atoms with Gasteiger partial charge in [0, 0.05) is 16.1 Å². The van der Waals surface area contributed by atoms with Crippen molar-refractivity contribution in [3.63, 3.8) is 0 Å². The van der Waals surface area contributed by atoms with E-state index in [0.29, 0.717) is 16.3 Å². The third-order valence-electron chi connectivity index (χ3n) is 4.64. The summed E-state index contributed by atoms with van der Waals surface area (Å²) in [6.07, 6.45) is 1.66. The van der Waals surface area contributed by atoms with E-state index < -0.39 is 5.97 Å². The Labute approximate surface area is 150 Å². The summed E-state index contributed by atoms with van der Waals surface area (Å²) < 4.78 is 5.29. The maximum atomic E-state index is 11.9. The molecule has 0 unspecified atom stereocenters. The molecule has 25 heavy (non-hydrogen) atoms. The van der Waals surface area contributed by atoms with Crippen LogP contribution < -0.4 is 4.74 Å². The highest BCUT2D eigenvalue weighted by molar-refractivity contribution is 6.31. The summed E-state index contributed by atoms with van der Waals surface area (Å²) in [5.74, 6) is -0.383. The van der Waals surface area contributed by atoms with Crippen molar-refractivity contribution in [3.8, 4) is 28.1 Å². The van der Waals surface area contributed by atoms with E-state index in [1.165, 1.54) is 5.56 Å². The van der Waals surface area contributed by atoms with E-state index in [-0.39, 0.29) is 5.69 Å². The summed E-state index contributed by atoms with van der Waals surface area (Å²) in [4.78, 5) is 15.0. The number of carboxylic acid groups (broad SMARTS) is 1.